The van der Waals surface area contributed by atoms with E-state index in [-0.39, 0.29) is 16.1 Å². The van der Waals surface area contributed by atoms with Gasteiger partial charge in [-0.15, -0.1) is 0 Å². The van der Waals surface area contributed by atoms with E-state index in [0.29, 0.717) is 4.47 Å². The molecule has 8 heteroatoms. The number of anilines is 1. The van der Waals surface area contributed by atoms with Crippen LogP contribution in [0.1, 0.15) is 10.4 Å². The number of ether oxygens (including phenoxy) is 1. The van der Waals surface area contributed by atoms with Crippen LogP contribution in [-0.2, 0) is 14.8 Å². The first-order valence-electron chi connectivity index (χ1n) is 5.74. The molecule has 1 aromatic carbocycles. The number of aromatic nitrogens is 1. The van der Waals surface area contributed by atoms with Gasteiger partial charge in [-0.05, 0) is 40.2 Å². The second kappa shape index (κ2) is 6.23. The van der Waals surface area contributed by atoms with Crippen LogP contribution >= 0.6 is 15.9 Å². The number of hydrogen-bond acceptors (Lipinski definition) is 5. The topological polar surface area (TPSA) is 85.4 Å². The summed E-state index contributed by atoms with van der Waals surface area (Å²) in [5, 5.41) is 0. The van der Waals surface area contributed by atoms with Crippen molar-refractivity contribution in [2.75, 3.05) is 11.8 Å². The van der Waals surface area contributed by atoms with Crippen LogP contribution in [0, 0.1) is 0 Å². The third-order valence-electron chi connectivity index (χ3n) is 2.53. The Hall–Kier alpha value is -1.93. The molecular formula is C13H11BrN2O4S. The molecule has 0 bridgehead atoms. The fraction of sp³-hybridized carbons (Fsp3) is 0.0769. The SMILES string of the molecule is COC(=O)c1cccc(NS(=O)(=O)c2cncc(Br)c2)c1. The van der Waals surface area contributed by atoms with Crippen molar-refractivity contribution in [1.29, 1.82) is 0 Å². The lowest BCUT2D eigenvalue weighted by atomic mass is 10.2. The van der Waals surface area contributed by atoms with Gasteiger partial charge in [-0.2, -0.15) is 0 Å². The number of carbonyl (C=O) groups is 1. The largest absolute Gasteiger partial charge is 0.465 e. The van der Waals surface area contributed by atoms with Crippen LogP contribution in [0.5, 0.6) is 0 Å². The molecule has 0 fully saturated rings. The van der Waals surface area contributed by atoms with E-state index in [0.717, 1.165) is 0 Å². The molecule has 0 atom stereocenters. The standard InChI is InChI=1S/C13H11BrN2O4S/c1-20-13(17)9-3-2-4-11(5-9)16-21(18,19)12-6-10(14)7-15-8-12/h2-8,16H,1H3. The monoisotopic (exact) mass is 370 g/mol. The van der Waals surface area contributed by atoms with Crippen LogP contribution in [0.4, 0.5) is 5.69 Å². The minimum atomic E-state index is -3.78. The molecule has 1 heterocycles. The van der Waals surface area contributed by atoms with Crippen LogP contribution < -0.4 is 4.72 Å². The number of halogens is 1. The molecule has 0 amide bonds. The maximum Gasteiger partial charge on any atom is 0.337 e. The fourth-order valence-corrected chi connectivity index (χ4v) is 3.13. The first-order chi connectivity index (χ1) is 9.92. The number of hydrogen-bond donors (Lipinski definition) is 1. The highest BCUT2D eigenvalue weighted by atomic mass is 79.9. The molecule has 1 aromatic heterocycles. The summed E-state index contributed by atoms with van der Waals surface area (Å²) in [5.41, 5.74) is 0.517. The Morgan fingerprint density at radius 1 is 1.29 bits per heavy atom. The van der Waals surface area contributed by atoms with Gasteiger partial charge >= 0.3 is 5.97 Å². The van der Waals surface area contributed by atoms with Gasteiger partial charge in [-0.3, -0.25) is 9.71 Å². The summed E-state index contributed by atoms with van der Waals surface area (Å²) in [6, 6.07) is 7.46. The van der Waals surface area contributed by atoms with Crippen LogP contribution in [0.15, 0.2) is 52.1 Å². The fourth-order valence-electron chi connectivity index (χ4n) is 1.58. The molecule has 0 aliphatic carbocycles. The molecule has 0 spiro atoms. The highest BCUT2D eigenvalue weighted by molar-refractivity contribution is 9.10. The molecular weight excluding hydrogens is 360 g/mol. The predicted molar refractivity (Wildman–Crippen MR) is 80.5 cm³/mol. The summed E-state index contributed by atoms with van der Waals surface area (Å²) in [4.78, 5) is 15.3. The van der Waals surface area contributed by atoms with Gasteiger partial charge in [0.25, 0.3) is 10.0 Å². The molecule has 2 aromatic rings. The third kappa shape index (κ3) is 3.79. The van der Waals surface area contributed by atoms with Crippen molar-refractivity contribution in [2.45, 2.75) is 4.90 Å². The zero-order valence-corrected chi connectivity index (χ0v) is 13.3. The van der Waals surface area contributed by atoms with Crippen molar-refractivity contribution in [3.05, 3.63) is 52.8 Å². The number of sulfonamides is 1. The van der Waals surface area contributed by atoms with E-state index in [2.05, 4.69) is 30.4 Å². The summed E-state index contributed by atoms with van der Waals surface area (Å²) < 4.78 is 32.0. The summed E-state index contributed by atoms with van der Waals surface area (Å²) in [6.45, 7) is 0. The van der Waals surface area contributed by atoms with Crippen molar-refractivity contribution < 1.29 is 17.9 Å². The Bertz CT molecular complexity index is 777. The summed E-state index contributed by atoms with van der Waals surface area (Å²) in [6.07, 6.45) is 2.72. The average molecular weight is 371 g/mol. The zero-order valence-electron chi connectivity index (χ0n) is 10.9. The van der Waals surface area contributed by atoms with Gasteiger partial charge in [0, 0.05) is 22.6 Å². The molecule has 0 radical (unpaired) electrons. The van der Waals surface area contributed by atoms with Crippen LogP contribution in [-0.4, -0.2) is 26.5 Å². The van der Waals surface area contributed by atoms with E-state index in [1.165, 1.54) is 43.8 Å². The van der Waals surface area contributed by atoms with Gasteiger partial charge in [-0.25, -0.2) is 13.2 Å². The van der Waals surface area contributed by atoms with Gasteiger partial charge in [0.2, 0.25) is 0 Å². The number of carbonyl (C=O) groups excluding carboxylic acids is 1. The lowest BCUT2D eigenvalue weighted by Gasteiger charge is -2.09. The number of benzene rings is 1. The maximum atomic E-state index is 12.2. The van der Waals surface area contributed by atoms with Crippen LogP contribution in [0.2, 0.25) is 0 Å². The Morgan fingerprint density at radius 3 is 2.71 bits per heavy atom. The predicted octanol–water partition coefficient (Wildman–Crippen LogP) is 2.43. The Kier molecular flexibility index (Phi) is 4.59. The zero-order chi connectivity index (χ0) is 15.5. The van der Waals surface area contributed by atoms with Gasteiger partial charge in [-0.1, -0.05) is 6.07 Å². The van der Waals surface area contributed by atoms with E-state index in [1.54, 1.807) is 6.07 Å². The number of esters is 1. The van der Waals surface area contributed by atoms with Crippen molar-refractivity contribution >= 4 is 37.6 Å². The second-order valence-corrected chi connectivity index (χ2v) is 6.61. The van der Waals surface area contributed by atoms with E-state index < -0.39 is 16.0 Å². The number of pyridine rings is 1. The molecule has 2 rings (SSSR count). The molecule has 0 aliphatic heterocycles. The molecule has 1 N–H and O–H groups in total. The van der Waals surface area contributed by atoms with Crippen molar-refractivity contribution in [2.24, 2.45) is 0 Å². The molecule has 0 unspecified atom stereocenters. The number of rotatable bonds is 4. The molecule has 0 aliphatic rings. The van der Waals surface area contributed by atoms with Crippen LogP contribution in [0.3, 0.4) is 0 Å². The van der Waals surface area contributed by atoms with Crippen LogP contribution in [0.25, 0.3) is 0 Å². The van der Waals surface area contributed by atoms with E-state index >= 15 is 0 Å². The first kappa shape index (κ1) is 15.5. The van der Waals surface area contributed by atoms with Crippen molar-refractivity contribution in [3.8, 4) is 0 Å². The number of nitrogens with zero attached hydrogens (tertiary/aromatic N) is 1. The first-order valence-corrected chi connectivity index (χ1v) is 8.02. The third-order valence-corrected chi connectivity index (χ3v) is 4.31. The minimum absolute atomic E-state index is 0.0142. The normalized spacial score (nSPS) is 11.0. The van der Waals surface area contributed by atoms with E-state index in [4.69, 9.17) is 0 Å². The second-order valence-electron chi connectivity index (χ2n) is 4.02. The molecule has 110 valence electrons. The summed E-state index contributed by atoms with van der Waals surface area (Å²) in [7, 11) is -2.52. The number of methoxy groups -OCH3 is 1. The lowest BCUT2D eigenvalue weighted by Crippen LogP contribution is -2.13. The van der Waals surface area contributed by atoms with Crippen molar-refractivity contribution in [1.82, 2.24) is 4.98 Å². The highest BCUT2D eigenvalue weighted by Crippen LogP contribution is 2.19. The Balaban J connectivity index is 2.31. The van der Waals surface area contributed by atoms with E-state index in [9.17, 15) is 13.2 Å². The molecule has 6 nitrogen and oxygen atoms in total. The van der Waals surface area contributed by atoms with E-state index in [1.807, 2.05) is 0 Å². The number of nitrogens with one attached hydrogen (secondary N) is 1. The summed E-state index contributed by atoms with van der Waals surface area (Å²) in [5.74, 6) is -0.542. The Morgan fingerprint density at radius 2 is 2.05 bits per heavy atom. The molecule has 21 heavy (non-hydrogen) atoms. The van der Waals surface area contributed by atoms with Gasteiger partial charge in [0.15, 0.2) is 0 Å². The summed E-state index contributed by atoms with van der Waals surface area (Å²) >= 11 is 3.16. The lowest BCUT2D eigenvalue weighted by molar-refractivity contribution is 0.0601. The van der Waals surface area contributed by atoms with Gasteiger partial charge in [0.05, 0.1) is 12.7 Å². The molecule has 0 saturated carbocycles. The quantitative estimate of drug-likeness (QED) is 0.835. The molecule has 0 saturated heterocycles. The Labute approximate surface area is 130 Å². The maximum absolute atomic E-state index is 12.2. The minimum Gasteiger partial charge on any atom is -0.465 e. The van der Waals surface area contributed by atoms with Gasteiger partial charge < -0.3 is 4.74 Å². The average Bonchev–Trinajstić information content (AvgIpc) is 2.46. The smallest absolute Gasteiger partial charge is 0.337 e. The highest BCUT2D eigenvalue weighted by Gasteiger charge is 2.16. The van der Waals surface area contributed by atoms with Crippen molar-refractivity contribution in [3.63, 3.8) is 0 Å². The van der Waals surface area contributed by atoms with Gasteiger partial charge in [0.1, 0.15) is 4.90 Å².